The zero-order valence-corrected chi connectivity index (χ0v) is 16.8. The molecule has 140 valence electrons. The number of benzene rings is 1. The summed E-state index contributed by atoms with van der Waals surface area (Å²) in [5.41, 5.74) is 7.87. The summed E-state index contributed by atoms with van der Waals surface area (Å²) in [7, 11) is 0. The highest BCUT2D eigenvalue weighted by molar-refractivity contribution is 5.82. The molecule has 1 saturated heterocycles. The van der Waals surface area contributed by atoms with Gasteiger partial charge in [0.25, 0.3) is 0 Å². The van der Waals surface area contributed by atoms with Gasteiger partial charge < -0.3 is 4.74 Å². The van der Waals surface area contributed by atoms with Crippen LogP contribution in [0.4, 0.5) is 0 Å². The van der Waals surface area contributed by atoms with Crippen LogP contribution in [0, 0.1) is 6.92 Å². The molecule has 1 aliphatic rings. The number of rotatable bonds is 7. The van der Waals surface area contributed by atoms with Gasteiger partial charge in [-0.3, -0.25) is 4.90 Å². The molecule has 1 aliphatic heterocycles. The Kier molecular flexibility index (Phi) is 8.08. The zero-order chi connectivity index (χ0) is 18.9. The van der Waals surface area contributed by atoms with Gasteiger partial charge in [0.05, 0.1) is 13.2 Å². The van der Waals surface area contributed by atoms with E-state index in [4.69, 9.17) is 4.74 Å². The van der Waals surface area contributed by atoms with E-state index in [2.05, 4.69) is 75.6 Å². The van der Waals surface area contributed by atoms with Crippen molar-refractivity contribution in [2.75, 3.05) is 32.8 Å². The first-order valence-electron chi connectivity index (χ1n) is 9.67. The molecule has 0 aliphatic carbocycles. The molecule has 0 saturated carbocycles. The SMILES string of the molecule is C=C/C(CC)=C(C)\C(=C/C)c1cccc(/C=C/CN2CCOCC2)c1C. The number of ether oxygens (including phenoxy) is 1. The maximum absolute atomic E-state index is 5.41. The molecule has 1 aromatic rings. The number of allylic oxidation sites excluding steroid dienone is 5. The molecule has 0 spiro atoms. The van der Waals surface area contributed by atoms with Crippen molar-refractivity contribution >= 4 is 11.6 Å². The maximum atomic E-state index is 5.41. The maximum Gasteiger partial charge on any atom is 0.0594 e. The molecule has 0 atom stereocenters. The summed E-state index contributed by atoms with van der Waals surface area (Å²) in [5, 5.41) is 0. The molecule has 0 amide bonds. The standard InChI is InChI=1S/C24H33NO/c1-6-21(7-2)19(4)23(8-3)24-13-9-11-22(20(24)5)12-10-14-25-15-17-26-18-16-25/h6,8-13H,1,7,14-18H2,2-5H3/b12-10+,21-19+,23-8+. The van der Waals surface area contributed by atoms with Crippen molar-refractivity contribution in [3.63, 3.8) is 0 Å². The number of nitrogens with zero attached hydrogens (tertiary/aromatic N) is 1. The predicted octanol–water partition coefficient (Wildman–Crippen LogP) is 5.66. The summed E-state index contributed by atoms with van der Waals surface area (Å²) in [5.74, 6) is 0. The summed E-state index contributed by atoms with van der Waals surface area (Å²) in [6.07, 6.45) is 9.74. The van der Waals surface area contributed by atoms with Crippen LogP contribution in [0.5, 0.6) is 0 Å². The first-order chi connectivity index (χ1) is 12.6. The summed E-state index contributed by atoms with van der Waals surface area (Å²) < 4.78 is 5.41. The Labute approximate surface area is 159 Å². The molecular formula is C24H33NO. The van der Waals surface area contributed by atoms with Crippen LogP contribution in [-0.4, -0.2) is 37.7 Å². The molecule has 0 unspecified atom stereocenters. The van der Waals surface area contributed by atoms with Gasteiger partial charge >= 0.3 is 0 Å². The second-order valence-electron chi connectivity index (χ2n) is 6.75. The fraction of sp³-hybridized carbons (Fsp3) is 0.417. The Bertz CT molecular complexity index is 703. The fourth-order valence-electron chi connectivity index (χ4n) is 3.55. The first-order valence-corrected chi connectivity index (χ1v) is 9.67. The predicted molar refractivity (Wildman–Crippen MR) is 114 cm³/mol. The third-order valence-electron chi connectivity index (χ3n) is 5.23. The van der Waals surface area contributed by atoms with Crippen molar-refractivity contribution in [3.8, 4) is 0 Å². The van der Waals surface area contributed by atoms with Crippen LogP contribution >= 0.6 is 0 Å². The van der Waals surface area contributed by atoms with Crippen molar-refractivity contribution < 1.29 is 4.74 Å². The van der Waals surface area contributed by atoms with Crippen molar-refractivity contribution in [1.29, 1.82) is 0 Å². The van der Waals surface area contributed by atoms with Gasteiger partial charge in [-0.2, -0.15) is 0 Å². The Morgan fingerprint density at radius 3 is 2.62 bits per heavy atom. The third-order valence-corrected chi connectivity index (χ3v) is 5.23. The molecule has 0 radical (unpaired) electrons. The van der Waals surface area contributed by atoms with E-state index < -0.39 is 0 Å². The van der Waals surface area contributed by atoms with Crippen LogP contribution in [0.3, 0.4) is 0 Å². The highest BCUT2D eigenvalue weighted by atomic mass is 16.5. The average Bonchev–Trinajstić information content (AvgIpc) is 2.67. The van der Waals surface area contributed by atoms with Gasteiger partial charge in [0.15, 0.2) is 0 Å². The van der Waals surface area contributed by atoms with Crippen LogP contribution < -0.4 is 0 Å². The smallest absolute Gasteiger partial charge is 0.0594 e. The van der Waals surface area contributed by atoms with Gasteiger partial charge in [-0.15, -0.1) is 0 Å². The molecule has 1 fully saturated rings. The Morgan fingerprint density at radius 1 is 1.27 bits per heavy atom. The van der Waals surface area contributed by atoms with E-state index in [-0.39, 0.29) is 0 Å². The van der Waals surface area contributed by atoms with Crippen LogP contribution in [0.25, 0.3) is 11.6 Å². The van der Waals surface area contributed by atoms with Crippen LogP contribution in [-0.2, 0) is 4.74 Å². The largest absolute Gasteiger partial charge is 0.379 e. The summed E-state index contributed by atoms with van der Waals surface area (Å²) in [6.45, 7) is 17.4. The molecule has 0 bridgehead atoms. The molecule has 0 N–H and O–H groups in total. The number of morpholine rings is 1. The van der Waals surface area contributed by atoms with Crippen molar-refractivity contribution in [2.24, 2.45) is 0 Å². The summed E-state index contributed by atoms with van der Waals surface area (Å²) in [4.78, 5) is 2.43. The van der Waals surface area contributed by atoms with E-state index >= 15 is 0 Å². The van der Waals surface area contributed by atoms with Gasteiger partial charge in [-0.05, 0) is 60.6 Å². The molecule has 2 heteroatoms. The van der Waals surface area contributed by atoms with Crippen molar-refractivity contribution in [2.45, 2.75) is 34.1 Å². The second kappa shape index (κ2) is 10.3. The van der Waals surface area contributed by atoms with Gasteiger partial charge in [-0.1, -0.05) is 56.0 Å². The Balaban J connectivity index is 2.24. The van der Waals surface area contributed by atoms with E-state index in [1.807, 2.05) is 6.08 Å². The lowest BCUT2D eigenvalue weighted by atomic mass is 9.89. The Morgan fingerprint density at radius 2 is 2.00 bits per heavy atom. The molecular weight excluding hydrogens is 318 g/mol. The minimum atomic E-state index is 0.849. The van der Waals surface area contributed by atoms with Gasteiger partial charge in [0.2, 0.25) is 0 Å². The molecule has 1 heterocycles. The topological polar surface area (TPSA) is 12.5 Å². The van der Waals surface area contributed by atoms with Gasteiger partial charge in [0.1, 0.15) is 0 Å². The minimum absolute atomic E-state index is 0.849. The third kappa shape index (κ3) is 5.06. The van der Waals surface area contributed by atoms with Crippen LogP contribution in [0.15, 0.2) is 54.2 Å². The van der Waals surface area contributed by atoms with Gasteiger partial charge in [-0.25, -0.2) is 0 Å². The number of hydrogen-bond acceptors (Lipinski definition) is 2. The zero-order valence-electron chi connectivity index (χ0n) is 16.8. The summed E-state index contributed by atoms with van der Waals surface area (Å²) >= 11 is 0. The summed E-state index contributed by atoms with van der Waals surface area (Å²) in [6, 6.07) is 6.59. The van der Waals surface area contributed by atoms with Crippen molar-refractivity contribution in [3.05, 3.63) is 70.8 Å². The van der Waals surface area contributed by atoms with E-state index in [1.165, 1.54) is 33.4 Å². The Hall–Kier alpha value is -1.90. The molecule has 2 rings (SSSR count). The fourth-order valence-corrected chi connectivity index (χ4v) is 3.55. The lowest BCUT2D eigenvalue weighted by Crippen LogP contribution is -2.36. The van der Waals surface area contributed by atoms with Crippen molar-refractivity contribution in [1.82, 2.24) is 4.90 Å². The van der Waals surface area contributed by atoms with E-state index in [0.717, 1.165) is 39.3 Å². The normalized spacial score (nSPS) is 17.5. The van der Waals surface area contributed by atoms with Crippen LogP contribution in [0.2, 0.25) is 0 Å². The molecule has 1 aromatic carbocycles. The second-order valence-corrected chi connectivity index (χ2v) is 6.75. The van der Waals surface area contributed by atoms with E-state index in [9.17, 15) is 0 Å². The quantitative estimate of drug-likeness (QED) is 0.588. The highest BCUT2D eigenvalue weighted by Gasteiger charge is 2.11. The van der Waals surface area contributed by atoms with Crippen LogP contribution in [0.1, 0.15) is 43.9 Å². The van der Waals surface area contributed by atoms with E-state index in [1.54, 1.807) is 0 Å². The average molecular weight is 352 g/mol. The molecule has 0 aromatic heterocycles. The highest BCUT2D eigenvalue weighted by Crippen LogP contribution is 2.30. The van der Waals surface area contributed by atoms with Gasteiger partial charge in [0, 0.05) is 19.6 Å². The first kappa shape index (κ1) is 20.4. The lowest BCUT2D eigenvalue weighted by molar-refractivity contribution is 0.0435. The molecule has 2 nitrogen and oxygen atoms in total. The minimum Gasteiger partial charge on any atom is -0.379 e. The number of hydrogen-bond donors (Lipinski definition) is 0. The monoisotopic (exact) mass is 351 g/mol. The lowest BCUT2D eigenvalue weighted by Gasteiger charge is -2.25. The molecule has 26 heavy (non-hydrogen) atoms. The van der Waals surface area contributed by atoms with E-state index in [0.29, 0.717) is 0 Å².